The van der Waals surface area contributed by atoms with Crippen LogP contribution in [-0.2, 0) is 0 Å². The largest absolute Gasteiger partial charge is 0.478 e. The van der Waals surface area contributed by atoms with Crippen LogP contribution < -0.4 is 5.43 Å². The number of aromatic carboxylic acids is 1. The van der Waals surface area contributed by atoms with E-state index in [0.717, 1.165) is 6.42 Å². The number of carbonyl (C=O) groups is 3. The summed E-state index contributed by atoms with van der Waals surface area (Å²) in [6.07, 6.45) is 1.51. The maximum Gasteiger partial charge on any atom is 0.335 e. The third kappa shape index (κ3) is 3.75. The SMILES string of the molecule is O=C(O)c1ccc(C(=O)NN2CCCC2C(=O)c2ccccc2)cc1. The van der Waals surface area contributed by atoms with E-state index in [1.807, 2.05) is 18.2 Å². The number of nitrogens with one attached hydrogen (secondary N) is 1. The topological polar surface area (TPSA) is 86.7 Å². The van der Waals surface area contributed by atoms with Crippen molar-refractivity contribution in [2.75, 3.05) is 6.54 Å². The van der Waals surface area contributed by atoms with Crippen LogP contribution in [0.5, 0.6) is 0 Å². The maximum atomic E-state index is 12.6. The molecule has 1 aliphatic rings. The molecule has 0 spiro atoms. The van der Waals surface area contributed by atoms with E-state index < -0.39 is 5.97 Å². The molecule has 1 unspecified atom stereocenters. The molecule has 3 rings (SSSR count). The number of hydrazine groups is 1. The highest BCUT2D eigenvalue weighted by molar-refractivity contribution is 6.01. The van der Waals surface area contributed by atoms with E-state index in [9.17, 15) is 14.4 Å². The lowest BCUT2D eigenvalue weighted by Crippen LogP contribution is -2.48. The number of hydrogen-bond acceptors (Lipinski definition) is 4. The summed E-state index contributed by atoms with van der Waals surface area (Å²) in [5.74, 6) is -1.41. The van der Waals surface area contributed by atoms with Crippen molar-refractivity contribution in [2.45, 2.75) is 18.9 Å². The van der Waals surface area contributed by atoms with Gasteiger partial charge in [0.05, 0.1) is 11.6 Å². The number of Topliss-reactive ketones (excluding diaryl/α,β-unsaturated/α-hetero) is 1. The summed E-state index contributed by atoms with van der Waals surface area (Å²) in [5.41, 5.74) is 3.87. The van der Waals surface area contributed by atoms with Gasteiger partial charge in [0.15, 0.2) is 5.78 Å². The van der Waals surface area contributed by atoms with E-state index in [1.54, 1.807) is 17.1 Å². The van der Waals surface area contributed by atoms with Gasteiger partial charge in [-0.1, -0.05) is 30.3 Å². The second-order valence-corrected chi connectivity index (χ2v) is 5.91. The van der Waals surface area contributed by atoms with Crippen molar-refractivity contribution in [1.29, 1.82) is 0 Å². The maximum absolute atomic E-state index is 12.6. The lowest BCUT2D eigenvalue weighted by atomic mass is 10.0. The fraction of sp³-hybridized carbons (Fsp3) is 0.211. The Hall–Kier alpha value is -2.99. The summed E-state index contributed by atoms with van der Waals surface area (Å²) in [6, 6.07) is 14.3. The minimum absolute atomic E-state index is 0.0142. The van der Waals surface area contributed by atoms with Gasteiger partial charge in [0.2, 0.25) is 0 Å². The Balaban J connectivity index is 1.69. The van der Waals surface area contributed by atoms with Crippen LogP contribution in [0.25, 0.3) is 0 Å². The summed E-state index contributed by atoms with van der Waals surface area (Å²) in [4.78, 5) is 35.9. The number of amides is 1. The average molecular weight is 338 g/mol. The van der Waals surface area contributed by atoms with E-state index in [2.05, 4.69) is 5.43 Å². The number of rotatable bonds is 5. The van der Waals surface area contributed by atoms with Crippen molar-refractivity contribution in [3.05, 3.63) is 71.3 Å². The second kappa shape index (κ2) is 7.27. The summed E-state index contributed by atoms with van der Waals surface area (Å²) < 4.78 is 0. The van der Waals surface area contributed by atoms with Crippen molar-refractivity contribution in [1.82, 2.24) is 10.4 Å². The van der Waals surface area contributed by atoms with Gasteiger partial charge in [-0.05, 0) is 37.1 Å². The lowest BCUT2D eigenvalue weighted by molar-refractivity contribution is 0.0677. The molecule has 0 aromatic heterocycles. The van der Waals surface area contributed by atoms with Crippen molar-refractivity contribution >= 4 is 17.7 Å². The third-order valence-electron chi connectivity index (χ3n) is 4.25. The predicted molar refractivity (Wildman–Crippen MR) is 91.4 cm³/mol. The molecule has 2 N–H and O–H groups in total. The molecule has 2 aromatic rings. The van der Waals surface area contributed by atoms with E-state index in [4.69, 9.17) is 5.11 Å². The van der Waals surface area contributed by atoms with E-state index in [0.29, 0.717) is 24.1 Å². The Morgan fingerprint density at radius 3 is 2.20 bits per heavy atom. The van der Waals surface area contributed by atoms with E-state index in [-0.39, 0.29) is 23.3 Å². The molecule has 1 amide bonds. The molecule has 1 saturated heterocycles. The Morgan fingerprint density at radius 2 is 1.56 bits per heavy atom. The van der Waals surface area contributed by atoms with Gasteiger partial charge in [0.25, 0.3) is 5.91 Å². The molecular weight excluding hydrogens is 320 g/mol. The minimum Gasteiger partial charge on any atom is -0.478 e. The molecule has 1 fully saturated rings. The number of carboxylic acids is 1. The number of nitrogens with zero attached hydrogens (tertiary/aromatic N) is 1. The number of hydrogen-bond donors (Lipinski definition) is 2. The standard InChI is InChI=1S/C19H18N2O4/c22-17(13-5-2-1-3-6-13)16-7-4-12-21(16)20-18(23)14-8-10-15(11-9-14)19(24)25/h1-3,5-6,8-11,16H,4,7,12H2,(H,20,23)(H,24,25). The molecule has 1 aliphatic heterocycles. The Kier molecular flexibility index (Phi) is 4.90. The van der Waals surface area contributed by atoms with Gasteiger partial charge in [-0.2, -0.15) is 0 Å². The molecule has 0 saturated carbocycles. The fourth-order valence-corrected chi connectivity index (χ4v) is 2.93. The second-order valence-electron chi connectivity index (χ2n) is 5.91. The van der Waals surface area contributed by atoms with Gasteiger partial charge in [0.1, 0.15) is 0 Å². The van der Waals surface area contributed by atoms with Crippen molar-refractivity contribution < 1.29 is 19.5 Å². The molecule has 6 heteroatoms. The number of carboxylic acid groups (broad SMARTS) is 1. The van der Waals surface area contributed by atoms with E-state index >= 15 is 0 Å². The number of benzene rings is 2. The number of ketones is 1. The third-order valence-corrected chi connectivity index (χ3v) is 4.25. The zero-order valence-corrected chi connectivity index (χ0v) is 13.5. The summed E-state index contributed by atoms with van der Waals surface area (Å²) >= 11 is 0. The molecule has 128 valence electrons. The molecule has 25 heavy (non-hydrogen) atoms. The predicted octanol–water partition coefficient (Wildman–Crippen LogP) is 2.38. The molecule has 1 heterocycles. The summed E-state index contributed by atoms with van der Waals surface area (Å²) in [5, 5.41) is 10.6. The number of carbonyl (C=O) groups excluding carboxylic acids is 2. The average Bonchev–Trinajstić information content (AvgIpc) is 3.10. The van der Waals surface area contributed by atoms with Gasteiger partial charge in [0, 0.05) is 17.7 Å². The molecular formula is C19H18N2O4. The Morgan fingerprint density at radius 1 is 0.920 bits per heavy atom. The van der Waals surface area contributed by atoms with Gasteiger partial charge >= 0.3 is 5.97 Å². The van der Waals surface area contributed by atoms with Crippen LogP contribution in [-0.4, -0.2) is 40.4 Å². The molecule has 6 nitrogen and oxygen atoms in total. The first-order valence-corrected chi connectivity index (χ1v) is 8.06. The monoisotopic (exact) mass is 338 g/mol. The lowest BCUT2D eigenvalue weighted by Gasteiger charge is -2.24. The van der Waals surface area contributed by atoms with Crippen LogP contribution in [0.2, 0.25) is 0 Å². The Bertz CT molecular complexity index is 787. The van der Waals surface area contributed by atoms with Crippen LogP contribution in [0.15, 0.2) is 54.6 Å². The van der Waals surface area contributed by atoms with Gasteiger partial charge in [-0.25, -0.2) is 9.80 Å². The highest BCUT2D eigenvalue weighted by Crippen LogP contribution is 2.20. The smallest absolute Gasteiger partial charge is 0.335 e. The molecule has 0 radical (unpaired) electrons. The zero-order chi connectivity index (χ0) is 17.8. The first-order chi connectivity index (χ1) is 12.1. The minimum atomic E-state index is -1.04. The van der Waals surface area contributed by atoms with Gasteiger partial charge < -0.3 is 5.11 Å². The van der Waals surface area contributed by atoms with Crippen molar-refractivity contribution in [3.63, 3.8) is 0 Å². The first-order valence-electron chi connectivity index (χ1n) is 8.06. The van der Waals surface area contributed by atoms with Gasteiger partial charge in [-0.3, -0.25) is 15.0 Å². The highest BCUT2D eigenvalue weighted by atomic mass is 16.4. The van der Waals surface area contributed by atoms with Crippen molar-refractivity contribution in [3.8, 4) is 0 Å². The Labute approximate surface area is 145 Å². The van der Waals surface area contributed by atoms with Crippen LogP contribution in [0.3, 0.4) is 0 Å². The quantitative estimate of drug-likeness (QED) is 0.818. The normalized spacial score (nSPS) is 17.2. The van der Waals surface area contributed by atoms with E-state index in [1.165, 1.54) is 24.3 Å². The van der Waals surface area contributed by atoms with Crippen LogP contribution in [0.1, 0.15) is 43.9 Å². The summed E-state index contributed by atoms with van der Waals surface area (Å²) in [6.45, 7) is 0.599. The molecule has 2 aromatic carbocycles. The van der Waals surface area contributed by atoms with Crippen LogP contribution >= 0.6 is 0 Å². The fourth-order valence-electron chi connectivity index (χ4n) is 2.93. The molecule has 0 aliphatic carbocycles. The zero-order valence-electron chi connectivity index (χ0n) is 13.5. The van der Waals surface area contributed by atoms with Gasteiger partial charge in [-0.15, -0.1) is 0 Å². The summed E-state index contributed by atoms with van der Waals surface area (Å²) in [7, 11) is 0. The molecule has 1 atom stereocenters. The van der Waals surface area contributed by atoms with Crippen LogP contribution in [0.4, 0.5) is 0 Å². The molecule has 0 bridgehead atoms. The highest BCUT2D eigenvalue weighted by Gasteiger charge is 2.32. The van der Waals surface area contributed by atoms with Crippen molar-refractivity contribution in [2.24, 2.45) is 0 Å². The van der Waals surface area contributed by atoms with Crippen LogP contribution in [0, 0.1) is 0 Å². The first kappa shape index (κ1) is 16.9.